The van der Waals surface area contributed by atoms with Gasteiger partial charge in [-0.2, -0.15) is 0 Å². The van der Waals surface area contributed by atoms with Crippen molar-refractivity contribution >= 4 is 0 Å². The number of benzene rings is 1. The summed E-state index contributed by atoms with van der Waals surface area (Å²) in [5, 5.41) is 0. The first-order chi connectivity index (χ1) is 9.34. The van der Waals surface area contributed by atoms with E-state index in [1.807, 2.05) is 0 Å². The molecule has 3 heteroatoms. The molecule has 19 heavy (non-hydrogen) atoms. The first kappa shape index (κ1) is 13.1. The Balaban J connectivity index is 1.77. The van der Waals surface area contributed by atoms with E-state index in [4.69, 9.17) is 10.5 Å². The Morgan fingerprint density at radius 3 is 2.37 bits per heavy atom. The van der Waals surface area contributed by atoms with Gasteiger partial charge in [0.25, 0.3) is 0 Å². The van der Waals surface area contributed by atoms with Crippen LogP contribution in [0.4, 0.5) is 0 Å². The van der Waals surface area contributed by atoms with E-state index in [2.05, 4.69) is 29.2 Å². The van der Waals surface area contributed by atoms with E-state index >= 15 is 0 Å². The molecule has 1 saturated heterocycles. The summed E-state index contributed by atoms with van der Waals surface area (Å²) in [5.41, 5.74) is 9.20. The van der Waals surface area contributed by atoms with Crippen molar-refractivity contribution in [2.75, 3.05) is 32.8 Å². The highest BCUT2D eigenvalue weighted by Crippen LogP contribution is 2.28. The van der Waals surface area contributed by atoms with E-state index in [0.717, 1.165) is 45.6 Å². The molecule has 3 nitrogen and oxygen atoms in total. The number of hydrogen-bond donors (Lipinski definition) is 1. The maximum atomic E-state index is 6.10. The summed E-state index contributed by atoms with van der Waals surface area (Å²) in [6, 6.07) is 8.84. The van der Waals surface area contributed by atoms with Gasteiger partial charge in [0.2, 0.25) is 0 Å². The Kier molecular flexibility index (Phi) is 3.87. The van der Waals surface area contributed by atoms with Gasteiger partial charge in [0.1, 0.15) is 0 Å². The highest BCUT2D eigenvalue weighted by atomic mass is 16.5. The van der Waals surface area contributed by atoms with Crippen LogP contribution in [0.15, 0.2) is 24.3 Å². The molecule has 2 aliphatic rings. The van der Waals surface area contributed by atoms with Gasteiger partial charge in [0.05, 0.1) is 12.1 Å². The molecule has 1 unspecified atom stereocenters. The minimum absolute atomic E-state index is 0.0836. The van der Waals surface area contributed by atoms with E-state index in [1.54, 1.807) is 0 Å². The molecule has 104 valence electrons. The van der Waals surface area contributed by atoms with E-state index in [-0.39, 0.29) is 5.54 Å². The summed E-state index contributed by atoms with van der Waals surface area (Å²) in [6.45, 7) is 4.63. The third-order valence-electron chi connectivity index (χ3n) is 4.77. The summed E-state index contributed by atoms with van der Waals surface area (Å²) >= 11 is 0. The van der Waals surface area contributed by atoms with Gasteiger partial charge in [0, 0.05) is 26.2 Å². The second kappa shape index (κ2) is 5.61. The minimum Gasteiger partial charge on any atom is -0.379 e. The van der Waals surface area contributed by atoms with Crippen molar-refractivity contribution in [2.24, 2.45) is 5.73 Å². The zero-order valence-electron chi connectivity index (χ0n) is 11.6. The number of hydrogen-bond acceptors (Lipinski definition) is 3. The van der Waals surface area contributed by atoms with Crippen LogP contribution in [0.5, 0.6) is 0 Å². The van der Waals surface area contributed by atoms with Gasteiger partial charge in [-0.25, -0.2) is 0 Å². The molecule has 0 aromatic heterocycles. The number of nitrogens with two attached hydrogens (primary N) is 1. The van der Waals surface area contributed by atoms with Crippen molar-refractivity contribution in [1.82, 2.24) is 4.90 Å². The molecular formula is C16H24N2O. The van der Waals surface area contributed by atoms with E-state index < -0.39 is 0 Å². The van der Waals surface area contributed by atoms with Gasteiger partial charge >= 0.3 is 0 Å². The third kappa shape index (κ3) is 2.55. The van der Waals surface area contributed by atoms with Gasteiger partial charge in [0.15, 0.2) is 0 Å². The molecule has 0 spiro atoms. The first-order valence-corrected chi connectivity index (χ1v) is 7.44. The highest BCUT2D eigenvalue weighted by molar-refractivity contribution is 5.28. The zero-order valence-corrected chi connectivity index (χ0v) is 11.6. The van der Waals surface area contributed by atoms with E-state index in [1.165, 1.54) is 17.5 Å². The first-order valence-electron chi connectivity index (χ1n) is 7.44. The molecule has 0 saturated carbocycles. The van der Waals surface area contributed by atoms with Crippen LogP contribution in [0.3, 0.4) is 0 Å². The smallest absolute Gasteiger partial charge is 0.0662 e. The average molecular weight is 260 g/mol. The number of ether oxygens (including phenoxy) is 1. The Bertz CT molecular complexity index is 400. The predicted molar refractivity (Wildman–Crippen MR) is 77.3 cm³/mol. The lowest BCUT2D eigenvalue weighted by Crippen LogP contribution is -2.59. The van der Waals surface area contributed by atoms with Crippen molar-refractivity contribution < 1.29 is 4.74 Å². The minimum atomic E-state index is 0.0836. The molecule has 1 aromatic carbocycles. The Hall–Kier alpha value is -0.900. The van der Waals surface area contributed by atoms with Gasteiger partial charge in [-0.3, -0.25) is 4.90 Å². The van der Waals surface area contributed by atoms with Gasteiger partial charge < -0.3 is 10.5 Å². The molecule has 2 N–H and O–H groups in total. The molecular weight excluding hydrogens is 236 g/mol. The Labute approximate surface area is 115 Å². The summed E-state index contributed by atoms with van der Waals surface area (Å²) in [7, 11) is 0. The maximum absolute atomic E-state index is 6.10. The quantitative estimate of drug-likeness (QED) is 0.877. The highest BCUT2D eigenvalue weighted by Gasteiger charge is 2.37. The van der Waals surface area contributed by atoms with Crippen molar-refractivity contribution in [1.29, 1.82) is 0 Å². The SMILES string of the molecule is NCC1(N2CCc3ccccc3CC2)CCCOC1. The number of fused-ring (bicyclic) bond motifs is 1. The van der Waals surface area contributed by atoms with Crippen LogP contribution in [-0.2, 0) is 17.6 Å². The van der Waals surface area contributed by atoms with Crippen LogP contribution in [0.25, 0.3) is 0 Å². The molecule has 0 amide bonds. The van der Waals surface area contributed by atoms with Gasteiger partial charge in [-0.1, -0.05) is 24.3 Å². The van der Waals surface area contributed by atoms with Crippen LogP contribution in [0, 0.1) is 0 Å². The molecule has 1 aromatic rings. The van der Waals surface area contributed by atoms with Crippen LogP contribution in [-0.4, -0.2) is 43.3 Å². The summed E-state index contributed by atoms with van der Waals surface area (Å²) in [6.07, 6.45) is 4.59. The van der Waals surface area contributed by atoms with Crippen molar-refractivity contribution in [3.05, 3.63) is 35.4 Å². The fraction of sp³-hybridized carbons (Fsp3) is 0.625. The van der Waals surface area contributed by atoms with Gasteiger partial charge in [-0.05, 0) is 36.8 Å². The lowest BCUT2D eigenvalue weighted by molar-refractivity contribution is -0.0434. The predicted octanol–water partition coefficient (Wildman–Crippen LogP) is 1.60. The lowest BCUT2D eigenvalue weighted by atomic mass is 9.90. The molecule has 1 fully saturated rings. The molecule has 0 radical (unpaired) electrons. The second-order valence-electron chi connectivity index (χ2n) is 5.84. The van der Waals surface area contributed by atoms with Crippen molar-refractivity contribution in [3.63, 3.8) is 0 Å². The largest absolute Gasteiger partial charge is 0.379 e. The van der Waals surface area contributed by atoms with E-state index in [9.17, 15) is 0 Å². The number of rotatable bonds is 2. The third-order valence-corrected chi connectivity index (χ3v) is 4.77. The normalized spacial score (nSPS) is 28.7. The van der Waals surface area contributed by atoms with Crippen LogP contribution in [0.1, 0.15) is 24.0 Å². The summed E-state index contributed by atoms with van der Waals surface area (Å²) in [5.74, 6) is 0. The standard InChI is InChI=1S/C16H24N2O/c17-12-16(8-3-11-19-13-16)18-9-6-14-4-1-2-5-15(14)7-10-18/h1-2,4-5H,3,6-13,17H2. The molecule has 0 aliphatic carbocycles. The van der Waals surface area contributed by atoms with E-state index in [0.29, 0.717) is 6.54 Å². The molecule has 0 bridgehead atoms. The summed E-state index contributed by atoms with van der Waals surface area (Å²) in [4.78, 5) is 2.59. The summed E-state index contributed by atoms with van der Waals surface area (Å²) < 4.78 is 5.73. The molecule has 2 aliphatic heterocycles. The molecule has 2 heterocycles. The fourth-order valence-corrected chi connectivity index (χ4v) is 3.52. The average Bonchev–Trinajstić information content (AvgIpc) is 2.71. The maximum Gasteiger partial charge on any atom is 0.0662 e. The van der Waals surface area contributed by atoms with Crippen LogP contribution >= 0.6 is 0 Å². The Morgan fingerprint density at radius 1 is 1.16 bits per heavy atom. The topological polar surface area (TPSA) is 38.5 Å². The van der Waals surface area contributed by atoms with Crippen LogP contribution in [0.2, 0.25) is 0 Å². The van der Waals surface area contributed by atoms with Gasteiger partial charge in [-0.15, -0.1) is 0 Å². The number of nitrogens with zero attached hydrogens (tertiary/aromatic N) is 1. The van der Waals surface area contributed by atoms with Crippen molar-refractivity contribution in [2.45, 2.75) is 31.2 Å². The fourth-order valence-electron chi connectivity index (χ4n) is 3.52. The lowest BCUT2D eigenvalue weighted by Gasteiger charge is -2.45. The molecule has 1 atom stereocenters. The molecule has 3 rings (SSSR count). The zero-order chi connectivity index (χ0) is 13.1. The van der Waals surface area contributed by atoms with Crippen molar-refractivity contribution in [3.8, 4) is 0 Å². The monoisotopic (exact) mass is 260 g/mol. The van der Waals surface area contributed by atoms with Crippen LogP contribution < -0.4 is 5.73 Å². The Morgan fingerprint density at radius 2 is 1.84 bits per heavy atom. The second-order valence-corrected chi connectivity index (χ2v) is 5.84.